The van der Waals surface area contributed by atoms with Crippen LogP contribution in [0, 0.1) is 0 Å². The third kappa shape index (κ3) is 4.28. The van der Waals surface area contributed by atoms with Gasteiger partial charge in [-0.3, -0.25) is 0 Å². The molecule has 20 heavy (non-hydrogen) atoms. The highest BCUT2D eigenvalue weighted by Gasteiger charge is 2.19. The van der Waals surface area contributed by atoms with Crippen LogP contribution < -0.4 is 4.74 Å². The summed E-state index contributed by atoms with van der Waals surface area (Å²) in [5.41, 5.74) is 0.986. The molecule has 0 radical (unpaired) electrons. The molecular formula is C15H16Br2N2O. The Bertz CT molecular complexity index is 592. The lowest BCUT2D eigenvalue weighted by Crippen LogP contribution is -2.16. The van der Waals surface area contributed by atoms with E-state index in [4.69, 9.17) is 4.74 Å². The number of aromatic nitrogens is 2. The van der Waals surface area contributed by atoms with Crippen LogP contribution in [0.3, 0.4) is 0 Å². The number of nitrogens with zero attached hydrogens (tertiary/aromatic N) is 2. The third-order valence-corrected chi connectivity index (χ3v) is 3.58. The summed E-state index contributed by atoms with van der Waals surface area (Å²) in [4.78, 5) is 8.86. The Kier molecular flexibility index (Phi) is 4.81. The average molecular weight is 400 g/mol. The molecule has 0 unspecified atom stereocenters. The standard InChI is InChI=1S/C15H16Br2N2O/c1-15(2,3)14-18-12(17)8-13(19-14)20-9-10-4-6-11(16)7-5-10/h4-8H,9H2,1-3H3. The number of ether oxygens (including phenoxy) is 1. The van der Waals surface area contributed by atoms with Crippen LogP contribution in [-0.4, -0.2) is 9.97 Å². The van der Waals surface area contributed by atoms with Crippen LogP contribution in [0.15, 0.2) is 39.4 Å². The average Bonchev–Trinajstić information content (AvgIpc) is 2.36. The molecule has 0 saturated carbocycles. The van der Waals surface area contributed by atoms with E-state index < -0.39 is 0 Å². The molecule has 3 nitrogen and oxygen atoms in total. The maximum Gasteiger partial charge on any atom is 0.218 e. The van der Waals surface area contributed by atoms with Gasteiger partial charge in [-0.15, -0.1) is 0 Å². The second-order valence-corrected chi connectivity index (χ2v) is 7.25. The van der Waals surface area contributed by atoms with Crippen LogP contribution in [0.5, 0.6) is 5.88 Å². The Morgan fingerprint density at radius 1 is 1.05 bits per heavy atom. The van der Waals surface area contributed by atoms with Gasteiger partial charge in [-0.25, -0.2) is 4.98 Å². The van der Waals surface area contributed by atoms with Crippen molar-refractivity contribution in [2.75, 3.05) is 0 Å². The van der Waals surface area contributed by atoms with Gasteiger partial charge in [-0.1, -0.05) is 48.8 Å². The van der Waals surface area contributed by atoms with Gasteiger partial charge in [0.25, 0.3) is 0 Å². The summed E-state index contributed by atoms with van der Waals surface area (Å²) in [5.74, 6) is 1.34. The van der Waals surface area contributed by atoms with Gasteiger partial charge in [0.05, 0.1) is 0 Å². The predicted octanol–water partition coefficient (Wildman–Crippen LogP) is 4.88. The first-order chi connectivity index (χ1) is 9.34. The maximum atomic E-state index is 5.75. The Balaban J connectivity index is 2.13. The Labute approximate surface area is 136 Å². The SMILES string of the molecule is CC(C)(C)c1nc(Br)cc(OCc2ccc(Br)cc2)n1. The molecule has 0 saturated heterocycles. The number of hydrogen-bond donors (Lipinski definition) is 0. The Morgan fingerprint density at radius 3 is 2.30 bits per heavy atom. The van der Waals surface area contributed by atoms with Gasteiger partial charge in [0.15, 0.2) is 0 Å². The monoisotopic (exact) mass is 398 g/mol. The van der Waals surface area contributed by atoms with Crippen molar-refractivity contribution in [2.24, 2.45) is 0 Å². The van der Waals surface area contributed by atoms with Crippen LogP contribution >= 0.6 is 31.9 Å². The summed E-state index contributed by atoms with van der Waals surface area (Å²) in [5, 5.41) is 0. The van der Waals surface area contributed by atoms with E-state index in [2.05, 4.69) is 62.6 Å². The van der Waals surface area contributed by atoms with E-state index >= 15 is 0 Å². The minimum atomic E-state index is -0.112. The lowest BCUT2D eigenvalue weighted by molar-refractivity contribution is 0.289. The van der Waals surface area contributed by atoms with Crippen molar-refractivity contribution in [3.8, 4) is 5.88 Å². The molecule has 1 aromatic heterocycles. The quantitative estimate of drug-likeness (QED) is 0.690. The minimum Gasteiger partial charge on any atom is -0.473 e. The summed E-state index contributed by atoms with van der Waals surface area (Å²) < 4.78 is 7.55. The summed E-state index contributed by atoms with van der Waals surface area (Å²) in [7, 11) is 0. The van der Waals surface area contributed by atoms with E-state index in [9.17, 15) is 0 Å². The van der Waals surface area contributed by atoms with Gasteiger partial charge in [0, 0.05) is 16.0 Å². The molecule has 0 N–H and O–H groups in total. The lowest BCUT2D eigenvalue weighted by Gasteiger charge is -2.17. The number of halogens is 2. The normalized spacial score (nSPS) is 11.4. The molecule has 0 amide bonds. The fraction of sp³-hybridized carbons (Fsp3) is 0.333. The summed E-state index contributed by atoms with van der Waals surface area (Å²) in [6.45, 7) is 6.72. The lowest BCUT2D eigenvalue weighted by atomic mass is 9.96. The molecule has 2 rings (SSSR count). The van der Waals surface area contributed by atoms with Crippen LogP contribution in [0.25, 0.3) is 0 Å². The van der Waals surface area contributed by atoms with E-state index in [0.717, 1.165) is 20.5 Å². The molecule has 1 aromatic carbocycles. The smallest absolute Gasteiger partial charge is 0.218 e. The second-order valence-electron chi connectivity index (χ2n) is 5.52. The van der Waals surface area contributed by atoms with Crippen LogP contribution in [-0.2, 0) is 12.0 Å². The van der Waals surface area contributed by atoms with Gasteiger partial charge >= 0.3 is 0 Å². The summed E-state index contributed by atoms with van der Waals surface area (Å²) in [6, 6.07) is 9.81. The van der Waals surface area contributed by atoms with E-state index in [1.165, 1.54) is 0 Å². The first-order valence-corrected chi connectivity index (χ1v) is 7.85. The molecule has 0 spiro atoms. The van der Waals surface area contributed by atoms with Crippen molar-refractivity contribution in [3.05, 3.63) is 50.8 Å². The number of rotatable bonds is 3. The molecule has 0 aliphatic heterocycles. The molecule has 0 aliphatic rings. The van der Waals surface area contributed by atoms with E-state index in [1.54, 1.807) is 6.07 Å². The van der Waals surface area contributed by atoms with E-state index in [-0.39, 0.29) is 5.41 Å². The van der Waals surface area contributed by atoms with Crippen LogP contribution in [0.4, 0.5) is 0 Å². The Morgan fingerprint density at radius 2 is 1.70 bits per heavy atom. The zero-order chi connectivity index (χ0) is 14.8. The highest BCUT2D eigenvalue weighted by Crippen LogP contribution is 2.24. The van der Waals surface area contributed by atoms with E-state index in [1.807, 2.05) is 24.3 Å². The van der Waals surface area contributed by atoms with Crippen molar-refractivity contribution in [1.29, 1.82) is 0 Å². The zero-order valence-electron chi connectivity index (χ0n) is 11.7. The first-order valence-electron chi connectivity index (χ1n) is 6.27. The Hall–Kier alpha value is -0.940. The molecule has 5 heteroatoms. The molecule has 0 atom stereocenters. The summed E-state index contributed by atoms with van der Waals surface area (Å²) in [6.07, 6.45) is 0. The number of hydrogen-bond acceptors (Lipinski definition) is 3. The van der Waals surface area contributed by atoms with Crippen molar-refractivity contribution in [1.82, 2.24) is 9.97 Å². The molecule has 0 aliphatic carbocycles. The zero-order valence-corrected chi connectivity index (χ0v) is 14.8. The maximum absolute atomic E-state index is 5.75. The second kappa shape index (κ2) is 6.22. The molecule has 2 aromatic rings. The van der Waals surface area contributed by atoms with Crippen molar-refractivity contribution in [2.45, 2.75) is 32.8 Å². The summed E-state index contributed by atoms with van der Waals surface area (Å²) >= 11 is 6.82. The van der Waals surface area contributed by atoms with Crippen LogP contribution in [0.2, 0.25) is 0 Å². The van der Waals surface area contributed by atoms with Crippen molar-refractivity contribution < 1.29 is 4.74 Å². The minimum absolute atomic E-state index is 0.112. The molecule has 1 heterocycles. The van der Waals surface area contributed by atoms with Gasteiger partial charge in [-0.2, -0.15) is 4.98 Å². The topological polar surface area (TPSA) is 35.0 Å². The first kappa shape index (κ1) is 15.4. The van der Waals surface area contributed by atoms with Gasteiger partial charge in [-0.05, 0) is 33.6 Å². The fourth-order valence-corrected chi connectivity index (χ4v) is 2.17. The van der Waals surface area contributed by atoms with Gasteiger partial charge in [0.2, 0.25) is 5.88 Å². The highest BCUT2D eigenvalue weighted by molar-refractivity contribution is 9.10. The molecule has 0 bridgehead atoms. The largest absolute Gasteiger partial charge is 0.473 e. The third-order valence-electron chi connectivity index (χ3n) is 2.64. The highest BCUT2D eigenvalue weighted by atomic mass is 79.9. The van der Waals surface area contributed by atoms with E-state index in [0.29, 0.717) is 12.5 Å². The van der Waals surface area contributed by atoms with Gasteiger partial charge < -0.3 is 4.74 Å². The van der Waals surface area contributed by atoms with Gasteiger partial charge in [0.1, 0.15) is 17.0 Å². The molecule has 0 fully saturated rings. The van der Waals surface area contributed by atoms with Crippen LogP contribution in [0.1, 0.15) is 32.2 Å². The van der Waals surface area contributed by atoms with Crippen molar-refractivity contribution in [3.63, 3.8) is 0 Å². The predicted molar refractivity (Wildman–Crippen MR) is 86.9 cm³/mol. The van der Waals surface area contributed by atoms with Crippen molar-refractivity contribution >= 4 is 31.9 Å². The molecular weight excluding hydrogens is 384 g/mol. The fourth-order valence-electron chi connectivity index (χ4n) is 1.54. The number of benzene rings is 1. The molecule has 106 valence electrons.